The van der Waals surface area contributed by atoms with Crippen LogP contribution >= 0.6 is 0 Å². The number of anilines is 2. The van der Waals surface area contributed by atoms with Gasteiger partial charge >= 0.3 is 0 Å². The van der Waals surface area contributed by atoms with Gasteiger partial charge in [0.1, 0.15) is 6.26 Å². The van der Waals surface area contributed by atoms with Gasteiger partial charge in [-0.05, 0) is 30.3 Å². The van der Waals surface area contributed by atoms with Crippen molar-refractivity contribution in [1.29, 1.82) is 0 Å². The van der Waals surface area contributed by atoms with Crippen molar-refractivity contribution in [3.05, 3.63) is 72.4 Å². The molecule has 0 fully saturated rings. The SMILES string of the molecule is O=C(Cc1ccon1)Nc1cccc(NC(=O)c2ccncc2)c1. The Morgan fingerprint density at radius 2 is 1.75 bits per heavy atom. The lowest BCUT2D eigenvalue weighted by Gasteiger charge is -2.08. The normalized spacial score (nSPS) is 10.2. The fourth-order valence-electron chi connectivity index (χ4n) is 2.08. The summed E-state index contributed by atoms with van der Waals surface area (Å²) < 4.78 is 4.69. The number of hydrogen-bond donors (Lipinski definition) is 2. The monoisotopic (exact) mass is 322 g/mol. The van der Waals surface area contributed by atoms with E-state index in [1.807, 2.05) is 0 Å². The van der Waals surface area contributed by atoms with E-state index in [-0.39, 0.29) is 18.2 Å². The lowest BCUT2D eigenvalue weighted by atomic mass is 10.2. The predicted octanol–water partition coefficient (Wildman–Crippen LogP) is 2.50. The molecule has 0 bridgehead atoms. The third kappa shape index (κ3) is 4.04. The fourth-order valence-corrected chi connectivity index (χ4v) is 2.08. The van der Waals surface area contributed by atoms with Crippen molar-refractivity contribution in [2.45, 2.75) is 6.42 Å². The van der Waals surface area contributed by atoms with E-state index in [0.717, 1.165) is 0 Å². The van der Waals surface area contributed by atoms with Crippen LogP contribution in [0.3, 0.4) is 0 Å². The van der Waals surface area contributed by atoms with Gasteiger partial charge in [0.25, 0.3) is 5.91 Å². The van der Waals surface area contributed by atoms with Crippen molar-refractivity contribution in [2.75, 3.05) is 10.6 Å². The number of nitrogens with one attached hydrogen (secondary N) is 2. The summed E-state index contributed by atoms with van der Waals surface area (Å²) in [5.41, 5.74) is 2.21. The number of pyridine rings is 1. The third-order valence-electron chi connectivity index (χ3n) is 3.18. The van der Waals surface area contributed by atoms with E-state index in [1.54, 1.807) is 54.9 Å². The zero-order valence-electron chi connectivity index (χ0n) is 12.6. The number of benzene rings is 1. The van der Waals surface area contributed by atoms with Gasteiger partial charge in [0.15, 0.2) is 0 Å². The number of amides is 2. The zero-order valence-corrected chi connectivity index (χ0v) is 12.6. The van der Waals surface area contributed by atoms with Crippen LogP contribution in [-0.4, -0.2) is 22.0 Å². The Hall–Kier alpha value is -3.48. The molecule has 0 saturated carbocycles. The van der Waals surface area contributed by atoms with Crippen molar-refractivity contribution in [1.82, 2.24) is 10.1 Å². The van der Waals surface area contributed by atoms with E-state index in [0.29, 0.717) is 22.6 Å². The van der Waals surface area contributed by atoms with Gasteiger partial charge in [-0.3, -0.25) is 14.6 Å². The van der Waals surface area contributed by atoms with Crippen LogP contribution in [0, 0.1) is 0 Å². The topological polar surface area (TPSA) is 97.1 Å². The molecule has 7 heteroatoms. The highest BCUT2D eigenvalue weighted by molar-refractivity contribution is 6.04. The quantitative estimate of drug-likeness (QED) is 0.752. The summed E-state index contributed by atoms with van der Waals surface area (Å²) in [5.74, 6) is -0.468. The van der Waals surface area contributed by atoms with Crippen LogP contribution in [0.1, 0.15) is 16.1 Å². The molecule has 24 heavy (non-hydrogen) atoms. The van der Waals surface area contributed by atoms with Gasteiger partial charge in [-0.25, -0.2) is 0 Å². The predicted molar refractivity (Wildman–Crippen MR) is 87.5 cm³/mol. The van der Waals surface area contributed by atoms with Crippen LogP contribution in [0.25, 0.3) is 0 Å². The van der Waals surface area contributed by atoms with Crippen LogP contribution in [0.15, 0.2) is 65.6 Å². The Kier molecular flexibility index (Phi) is 4.62. The second-order valence-electron chi connectivity index (χ2n) is 4.99. The van der Waals surface area contributed by atoms with E-state index in [2.05, 4.69) is 25.3 Å². The fraction of sp³-hybridized carbons (Fsp3) is 0.0588. The second-order valence-corrected chi connectivity index (χ2v) is 4.99. The Balaban J connectivity index is 1.63. The summed E-state index contributed by atoms with van der Waals surface area (Å²) in [4.78, 5) is 27.9. The lowest BCUT2D eigenvalue weighted by Crippen LogP contribution is -2.15. The highest BCUT2D eigenvalue weighted by Crippen LogP contribution is 2.16. The van der Waals surface area contributed by atoms with Crippen molar-refractivity contribution in [3.8, 4) is 0 Å². The smallest absolute Gasteiger partial charge is 0.255 e. The summed E-state index contributed by atoms with van der Waals surface area (Å²) >= 11 is 0. The maximum atomic E-state index is 12.1. The first-order valence-electron chi connectivity index (χ1n) is 7.21. The van der Waals surface area contributed by atoms with Crippen molar-refractivity contribution >= 4 is 23.2 Å². The number of nitrogens with zero attached hydrogens (tertiary/aromatic N) is 2. The minimum atomic E-state index is -0.247. The van der Waals surface area contributed by atoms with E-state index in [4.69, 9.17) is 0 Å². The van der Waals surface area contributed by atoms with Crippen molar-refractivity contribution in [3.63, 3.8) is 0 Å². The molecule has 0 aliphatic heterocycles. The molecular formula is C17H14N4O3. The van der Waals surface area contributed by atoms with E-state index < -0.39 is 0 Å². The van der Waals surface area contributed by atoms with Crippen LogP contribution < -0.4 is 10.6 Å². The maximum Gasteiger partial charge on any atom is 0.255 e. The van der Waals surface area contributed by atoms with Crippen molar-refractivity contribution in [2.24, 2.45) is 0 Å². The van der Waals surface area contributed by atoms with Crippen molar-refractivity contribution < 1.29 is 14.1 Å². The molecule has 2 amide bonds. The second kappa shape index (κ2) is 7.19. The molecule has 3 rings (SSSR count). The Bertz CT molecular complexity index is 832. The number of hydrogen-bond acceptors (Lipinski definition) is 5. The van der Waals surface area contributed by atoms with E-state index in [1.165, 1.54) is 6.26 Å². The average molecular weight is 322 g/mol. The molecule has 7 nitrogen and oxygen atoms in total. The largest absolute Gasteiger partial charge is 0.364 e. The molecule has 0 aliphatic rings. The number of aromatic nitrogens is 2. The maximum absolute atomic E-state index is 12.1. The molecule has 3 aromatic rings. The molecule has 2 N–H and O–H groups in total. The molecule has 1 aromatic carbocycles. The molecule has 2 heterocycles. The number of carbonyl (C=O) groups is 2. The average Bonchev–Trinajstić information content (AvgIpc) is 3.08. The minimum absolute atomic E-state index is 0.115. The molecule has 2 aromatic heterocycles. The molecule has 0 aliphatic carbocycles. The van der Waals surface area contributed by atoms with E-state index >= 15 is 0 Å². The molecular weight excluding hydrogens is 308 g/mol. The first-order valence-corrected chi connectivity index (χ1v) is 7.21. The van der Waals surface area contributed by atoms with Gasteiger partial charge in [-0.15, -0.1) is 0 Å². The highest BCUT2D eigenvalue weighted by atomic mass is 16.5. The highest BCUT2D eigenvalue weighted by Gasteiger charge is 2.08. The molecule has 0 spiro atoms. The standard InChI is InChI=1S/C17H14N4O3/c22-16(11-15-6-9-24-21-15)19-13-2-1-3-14(10-13)20-17(23)12-4-7-18-8-5-12/h1-10H,11H2,(H,19,22)(H,20,23). The van der Waals surface area contributed by atoms with Crippen LogP contribution in [0.4, 0.5) is 11.4 Å². The Morgan fingerprint density at radius 1 is 1.00 bits per heavy atom. The van der Waals surface area contributed by atoms with Crippen LogP contribution in [0.2, 0.25) is 0 Å². The number of rotatable bonds is 5. The van der Waals surface area contributed by atoms with Gasteiger partial charge in [0.05, 0.1) is 12.1 Å². The van der Waals surface area contributed by atoms with E-state index in [9.17, 15) is 9.59 Å². The molecule has 0 radical (unpaired) electrons. The Labute approximate surface area is 137 Å². The number of carbonyl (C=O) groups excluding carboxylic acids is 2. The first kappa shape index (κ1) is 15.4. The van der Waals surface area contributed by atoms with Gasteiger partial charge < -0.3 is 15.2 Å². The summed E-state index contributed by atoms with van der Waals surface area (Å²) in [5, 5.41) is 9.21. The van der Waals surface area contributed by atoms with Gasteiger partial charge in [-0.2, -0.15) is 0 Å². The molecule has 0 saturated heterocycles. The molecule has 0 atom stereocenters. The minimum Gasteiger partial charge on any atom is -0.364 e. The van der Waals surface area contributed by atoms with Crippen LogP contribution in [-0.2, 0) is 11.2 Å². The first-order chi connectivity index (χ1) is 11.7. The van der Waals surface area contributed by atoms with Gasteiger partial charge in [0, 0.05) is 35.4 Å². The van der Waals surface area contributed by atoms with Gasteiger partial charge in [-0.1, -0.05) is 11.2 Å². The lowest BCUT2D eigenvalue weighted by molar-refractivity contribution is -0.115. The zero-order chi connectivity index (χ0) is 16.8. The summed E-state index contributed by atoms with van der Waals surface area (Å²) in [6.07, 6.45) is 4.63. The Morgan fingerprint density at radius 3 is 2.46 bits per heavy atom. The molecule has 120 valence electrons. The van der Waals surface area contributed by atoms with Gasteiger partial charge in [0.2, 0.25) is 5.91 Å². The summed E-state index contributed by atoms with van der Waals surface area (Å²) in [6, 6.07) is 11.8. The summed E-state index contributed by atoms with van der Waals surface area (Å²) in [7, 11) is 0. The summed E-state index contributed by atoms with van der Waals surface area (Å²) in [6.45, 7) is 0. The van der Waals surface area contributed by atoms with Crippen LogP contribution in [0.5, 0.6) is 0 Å². The third-order valence-corrected chi connectivity index (χ3v) is 3.18. The molecule has 0 unspecified atom stereocenters.